The van der Waals surface area contributed by atoms with Crippen LogP contribution in [0.5, 0.6) is 0 Å². The molecule has 1 aromatic carbocycles. The van der Waals surface area contributed by atoms with Crippen LogP contribution < -0.4 is 10.6 Å². The first kappa shape index (κ1) is 11.9. The van der Waals surface area contributed by atoms with E-state index in [0.717, 1.165) is 29.5 Å². The van der Waals surface area contributed by atoms with Gasteiger partial charge in [-0.25, -0.2) is 0 Å². The van der Waals surface area contributed by atoms with Crippen LogP contribution in [0.2, 0.25) is 5.02 Å². The van der Waals surface area contributed by atoms with E-state index in [2.05, 4.69) is 23.6 Å². The van der Waals surface area contributed by atoms with Crippen LogP contribution in [0.25, 0.3) is 0 Å². The van der Waals surface area contributed by atoms with Crippen LogP contribution in [0, 0.1) is 0 Å². The van der Waals surface area contributed by atoms with E-state index in [1.807, 2.05) is 18.2 Å². The van der Waals surface area contributed by atoms with Crippen molar-refractivity contribution in [3.05, 3.63) is 23.2 Å². The minimum Gasteiger partial charge on any atom is -0.397 e. The Hall–Kier alpha value is -0.540. The topological polar surface area (TPSA) is 29.3 Å². The molecule has 1 saturated heterocycles. The summed E-state index contributed by atoms with van der Waals surface area (Å²) in [6, 6.07) is 5.70. The Bertz CT molecular complexity index is 370. The summed E-state index contributed by atoms with van der Waals surface area (Å²) in [4.78, 5) is 2.35. The molecular weight excluding hydrogens is 240 g/mol. The molecule has 0 saturated carbocycles. The number of rotatable bonds is 2. The van der Waals surface area contributed by atoms with E-state index in [9.17, 15) is 0 Å². The summed E-state index contributed by atoms with van der Waals surface area (Å²) in [7, 11) is 0. The molecule has 16 heavy (non-hydrogen) atoms. The number of anilines is 2. The molecule has 2 rings (SSSR count). The van der Waals surface area contributed by atoms with Gasteiger partial charge >= 0.3 is 0 Å². The van der Waals surface area contributed by atoms with Gasteiger partial charge in [0.1, 0.15) is 0 Å². The van der Waals surface area contributed by atoms with Gasteiger partial charge in [-0.05, 0) is 24.6 Å². The van der Waals surface area contributed by atoms with Crippen molar-refractivity contribution in [2.45, 2.75) is 18.6 Å². The molecule has 2 nitrogen and oxygen atoms in total. The van der Waals surface area contributed by atoms with Crippen molar-refractivity contribution in [3.8, 4) is 0 Å². The van der Waals surface area contributed by atoms with E-state index in [0.29, 0.717) is 5.25 Å². The molecular formula is C12H17ClN2S. The van der Waals surface area contributed by atoms with E-state index in [4.69, 9.17) is 17.3 Å². The highest BCUT2D eigenvalue weighted by molar-refractivity contribution is 8.00. The van der Waals surface area contributed by atoms with Gasteiger partial charge in [0.25, 0.3) is 0 Å². The van der Waals surface area contributed by atoms with Crippen LogP contribution in [-0.4, -0.2) is 24.1 Å². The maximum atomic E-state index is 6.02. The Morgan fingerprint density at radius 1 is 1.56 bits per heavy atom. The van der Waals surface area contributed by atoms with Crippen LogP contribution in [0.3, 0.4) is 0 Å². The van der Waals surface area contributed by atoms with Crippen LogP contribution in [-0.2, 0) is 0 Å². The minimum atomic E-state index is 0.715. The lowest BCUT2D eigenvalue weighted by Gasteiger charge is -2.34. The van der Waals surface area contributed by atoms with Crippen molar-refractivity contribution in [1.82, 2.24) is 0 Å². The van der Waals surface area contributed by atoms with Crippen LogP contribution >= 0.6 is 23.4 Å². The summed E-state index contributed by atoms with van der Waals surface area (Å²) in [6.07, 6.45) is 1.21. The van der Waals surface area contributed by atoms with Crippen molar-refractivity contribution in [2.24, 2.45) is 0 Å². The molecule has 0 bridgehead atoms. The second-order valence-corrected chi connectivity index (χ2v) is 5.89. The van der Waals surface area contributed by atoms with E-state index >= 15 is 0 Å². The molecule has 0 aliphatic carbocycles. The summed E-state index contributed by atoms with van der Waals surface area (Å²) in [6.45, 7) is 4.37. The zero-order valence-corrected chi connectivity index (χ0v) is 11.0. The highest BCUT2D eigenvalue weighted by Gasteiger charge is 2.20. The summed E-state index contributed by atoms with van der Waals surface area (Å²) in [5, 5.41) is 1.47. The van der Waals surface area contributed by atoms with Gasteiger partial charge < -0.3 is 10.6 Å². The van der Waals surface area contributed by atoms with Crippen molar-refractivity contribution in [3.63, 3.8) is 0 Å². The Morgan fingerprint density at radius 2 is 2.38 bits per heavy atom. The monoisotopic (exact) mass is 256 g/mol. The fourth-order valence-electron chi connectivity index (χ4n) is 1.98. The Labute approximate surface area is 106 Å². The lowest BCUT2D eigenvalue weighted by molar-refractivity contribution is 0.729. The van der Waals surface area contributed by atoms with Gasteiger partial charge in [-0.2, -0.15) is 11.8 Å². The Kier molecular flexibility index (Phi) is 3.87. The summed E-state index contributed by atoms with van der Waals surface area (Å²) >= 11 is 8.08. The van der Waals surface area contributed by atoms with Crippen LogP contribution in [0.4, 0.5) is 11.4 Å². The molecule has 1 atom stereocenters. The van der Waals surface area contributed by atoms with E-state index in [1.165, 1.54) is 12.2 Å². The second-order valence-electron chi connectivity index (χ2n) is 4.05. The number of nitrogens with two attached hydrogens (primary N) is 1. The molecule has 0 amide bonds. The van der Waals surface area contributed by atoms with Crippen molar-refractivity contribution >= 4 is 34.7 Å². The molecule has 2 N–H and O–H groups in total. The average Bonchev–Trinajstić information content (AvgIpc) is 2.32. The molecule has 4 heteroatoms. The number of nitrogen functional groups attached to an aromatic ring is 1. The number of nitrogens with zero attached hydrogens (tertiary/aromatic N) is 1. The summed E-state index contributed by atoms with van der Waals surface area (Å²) < 4.78 is 0. The normalized spacial score (nSPS) is 21.1. The van der Waals surface area contributed by atoms with E-state index in [1.54, 1.807) is 0 Å². The first-order chi connectivity index (χ1) is 7.70. The predicted molar refractivity (Wildman–Crippen MR) is 74.6 cm³/mol. The summed E-state index contributed by atoms with van der Waals surface area (Å²) in [5.74, 6) is 1.17. The Morgan fingerprint density at radius 3 is 3.12 bits per heavy atom. The number of hydrogen-bond donors (Lipinski definition) is 1. The summed E-state index contributed by atoms with van der Waals surface area (Å²) in [5.41, 5.74) is 7.91. The molecule has 1 aliphatic rings. The second kappa shape index (κ2) is 5.19. The molecule has 1 unspecified atom stereocenters. The lowest BCUT2D eigenvalue weighted by atomic mass is 10.2. The fraction of sp³-hybridized carbons (Fsp3) is 0.500. The first-order valence-electron chi connectivity index (χ1n) is 5.62. The van der Waals surface area contributed by atoms with Gasteiger partial charge in [0.05, 0.1) is 11.4 Å². The van der Waals surface area contributed by atoms with Gasteiger partial charge in [-0.3, -0.25) is 0 Å². The van der Waals surface area contributed by atoms with Gasteiger partial charge in [0, 0.05) is 29.1 Å². The molecule has 1 heterocycles. The third kappa shape index (κ3) is 2.58. The highest BCUT2D eigenvalue weighted by atomic mass is 35.5. The lowest BCUT2D eigenvalue weighted by Crippen LogP contribution is -2.38. The van der Waals surface area contributed by atoms with Gasteiger partial charge in [0.2, 0.25) is 0 Å². The molecule has 1 fully saturated rings. The van der Waals surface area contributed by atoms with Gasteiger partial charge in [0.15, 0.2) is 0 Å². The number of halogens is 1. The van der Waals surface area contributed by atoms with E-state index in [-0.39, 0.29) is 0 Å². The number of benzene rings is 1. The third-order valence-corrected chi connectivity index (χ3v) is 4.53. The number of thioether (sulfide) groups is 1. The SMILES string of the molecule is CCC1CN(c2cc(Cl)ccc2N)CCS1. The number of hydrogen-bond acceptors (Lipinski definition) is 3. The predicted octanol–water partition coefficient (Wildman–Crippen LogP) is 3.25. The van der Waals surface area contributed by atoms with Crippen molar-refractivity contribution < 1.29 is 0 Å². The molecule has 0 radical (unpaired) electrons. The zero-order chi connectivity index (χ0) is 11.5. The smallest absolute Gasteiger partial charge is 0.0615 e. The fourth-order valence-corrected chi connectivity index (χ4v) is 3.32. The largest absolute Gasteiger partial charge is 0.397 e. The van der Waals surface area contributed by atoms with Crippen LogP contribution in [0.15, 0.2) is 18.2 Å². The molecule has 1 aliphatic heterocycles. The van der Waals surface area contributed by atoms with Crippen molar-refractivity contribution in [2.75, 3.05) is 29.5 Å². The van der Waals surface area contributed by atoms with Gasteiger partial charge in [-0.1, -0.05) is 18.5 Å². The highest BCUT2D eigenvalue weighted by Crippen LogP contribution is 2.31. The molecule has 88 valence electrons. The average molecular weight is 257 g/mol. The molecule has 0 spiro atoms. The van der Waals surface area contributed by atoms with Crippen molar-refractivity contribution in [1.29, 1.82) is 0 Å². The zero-order valence-electron chi connectivity index (χ0n) is 9.45. The van der Waals surface area contributed by atoms with Crippen LogP contribution in [0.1, 0.15) is 13.3 Å². The maximum absolute atomic E-state index is 6.02. The standard InChI is InChI=1S/C12H17ClN2S/c1-2-10-8-15(5-6-16-10)12-7-9(13)3-4-11(12)14/h3-4,7,10H,2,5-6,8,14H2,1H3. The molecule has 1 aromatic rings. The van der Waals surface area contributed by atoms with E-state index < -0.39 is 0 Å². The maximum Gasteiger partial charge on any atom is 0.0615 e. The first-order valence-corrected chi connectivity index (χ1v) is 7.05. The van der Waals surface area contributed by atoms with Gasteiger partial charge in [-0.15, -0.1) is 0 Å². The molecule has 0 aromatic heterocycles. The minimum absolute atomic E-state index is 0.715. The third-order valence-electron chi connectivity index (χ3n) is 2.93. The Balaban J connectivity index is 2.19. The quantitative estimate of drug-likeness (QED) is 0.824.